The molecule has 0 saturated carbocycles. The lowest BCUT2D eigenvalue weighted by molar-refractivity contribution is -0.137. The van der Waals surface area contributed by atoms with Gasteiger partial charge in [-0.3, -0.25) is 0 Å². The summed E-state index contributed by atoms with van der Waals surface area (Å²) in [6, 6.07) is 3.56. The number of hydrogen-bond donors (Lipinski definition) is 1. The summed E-state index contributed by atoms with van der Waals surface area (Å²) in [4.78, 5) is 0. The highest BCUT2D eigenvalue weighted by Gasteiger charge is 2.31. The maximum atomic E-state index is 12.6. The number of ether oxygens (including phenoxy) is 1. The van der Waals surface area contributed by atoms with Crippen molar-refractivity contribution in [3.8, 4) is 5.75 Å². The van der Waals surface area contributed by atoms with Crippen LogP contribution in [-0.4, -0.2) is 13.7 Å². The fourth-order valence-electron chi connectivity index (χ4n) is 1.88. The van der Waals surface area contributed by atoms with E-state index in [9.17, 15) is 13.2 Å². The number of alkyl halides is 3. The summed E-state index contributed by atoms with van der Waals surface area (Å²) < 4.78 is 43.0. The van der Waals surface area contributed by atoms with Crippen molar-refractivity contribution < 1.29 is 17.9 Å². The molecule has 2 nitrogen and oxygen atoms in total. The second-order valence-electron chi connectivity index (χ2n) is 4.41. The number of halogens is 3. The van der Waals surface area contributed by atoms with Gasteiger partial charge in [-0.05, 0) is 49.1 Å². The molecule has 2 N–H and O–H groups in total. The van der Waals surface area contributed by atoms with E-state index in [0.29, 0.717) is 24.3 Å². The number of benzene rings is 1. The first-order valence-electron chi connectivity index (χ1n) is 5.82. The SMILES string of the molecule is COc1ccc(C(F)(F)F)cc1CC(C)CCN. The van der Waals surface area contributed by atoms with Gasteiger partial charge in [-0.15, -0.1) is 0 Å². The highest BCUT2D eigenvalue weighted by atomic mass is 19.4. The van der Waals surface area contributed by atoms with Crippen molar-refractivity contribution in [2.45, 2.75) is 25.9 Å². The molecule has 5 heteroatoms. The Morgan fingerprint density at radius 3 is 2.50 bits per heavy atom. The number of rotatable bonds is 5. The van der Waals surface area contributed by atoms with Gasteiger partial charge in [-0.1, -0.05) is 6.92 Å². The van der Waals surface area contributed by atoms with Crippen LogP contribution >= 0.6 is 0 Å². The van der Waals surface area contributed by atoms with E-state index in [-0.39, 0.29) is 5.92 Å². The summed E-state index contributed by atoms with van der Waals surface area (Å²) in [5, 5.41) is 0. The summed E-state index contributed by atoms with van der Waals surface area (Å²) in [6.07, 6.45) is -3.01. The van der Waals surface area contributed by atoms with Crippen molar-refractivity contribution in [3.63, 3.8) is 0 Å². The van der Waals surface area contributed by atoms with Crippen molar-refractivity contribution in [2.24, 2.45) is 11.7 Å². The van der Waals surface area contributed by atoms with Crippen LogP contribution in [0.1, 0.15) is 24.5 Å². The summed E-state index contributed by atoms with van der Waals surface area (Å²) in [5.41, 5.74) is 5.38. The molecule has 18 heavy (non-hydrogen) atoms. The molecule has 0 aliphatic carbocycles. The van der Waals surface area contributed by atoms with E-state index in [2.05, 4.69) is 0 Å². The largest absolute Gasteiger partial charge is 0.496 e. The minimum atomic E-state index is -4.32. The second-order valence-corrected chi connectivity index (χ2v) is 4.41. The average Bonchev–Trinajstić information content (AvgIpc) is 2.28. The van der Waals surface area contributed by atoms with Gasteiger partial charge in [-0.25, -0.2) is 0 Å². The topological polar surface area (TPSA) is 35.2 Å². The minimum absolute atomic E-state index is 0.229. The lowest BCUT2D eigenvalue weighted by atomic mass is 9.96. The van der Waals surface area contributed by atoms with Crippen molar-refractivity contribution in [1.29, 1.82) is 0 Å². The zero-order valence-electron chi connectivity index (χ0n) is 10.6. The Hall–Kier alpha value is -1.23. The summed E-state index contributed by atoms with van der Waals surface area (Å²) >= 11 is 0. The average molecular weight is 261 g/mol. The van der Waals surface area contributed by atoms with E-state index in [4.69, 9.17) is 10.5 Å². The minimum Gasteiger partial charge on any atom is -0.496 e. The van der Waals surface area contributed by atoms with Crippen LogP contribution < -0.4 is 10.5 Å². The molecule has 0 aliphatic heterocycles. The number of hydrogen-bond acceptors (Lipinski definition) is 2. The van der Waals surface area contributed by atoms with Crippen LogP contribution in [0.2, 0.25) is 0 Å². The van der Waals surface area contributed by atoms with Gasteiger partial charge in [0, 0.05) is 0 Å². The molecule has 1 rings (SSSR count). The van der Waals surface area contributed by atoms with E-state index in [0.717, 1.165) is 18.6 Å². The third-order valence-corrected chi connectivity index (χ3v) is 2.84. The molecule has 1 unspecified atom stereocenters. The Bertz CT molecular complexity index is 390. The molecule has 0 aliphatic rings. The Kier molecular flexibility index (Phi) is 5.02. The molecule has 1 atom stereocenters. The van der Waals surface area contributed by atoms with Gasteiger partial charge in [0.15, 0.2) is 0 Å². The van der Waals surface area contributed by atoms with Crippen LogP contribution in [0.3, 0.4) is 0 Å². The van der Waals surface area contributed by atoms with Gasteiger partial charge in [0.2, 0.25) is 0 Å². The Morgan fingerprint density at radius 2 is 2.00 bits per heavy atom. The maximum absolute atomic E-state index is 12.6. The van der Waals surface area contributed by atoms with E-state index in [1.807, 2.05) is 6.92 Å². The van der Waals surface area contributed by atoms with Crippen molar-refractivity contribution >= 4 is 0 Å². The van der Waals surface area contributed by atoms with E-state index in [1.54, 1.807) is 0 Å². The molecular formula is C13H18F3NO. The highest BCUT2D eigenvalue weighted by molar-refractivity contribution is 5.38. The molecule has 0 amide bonds. The maximum Gasteiger partial charge on any atom is 0.416 e. The Balaban J connectivity index is 2.99. The van der Waals surface area contributed by atoms with Crippen molar-refractivity contribution in [2.75, 3.05) is 13.7 Å². The van der Waals surface area contributed by atoms with Gasteiger partial charge in [-0.2, -0.15) is 13.2 Å². The molecule has 0 fully saturated rings. The van der Waals surface area contributed by atoms with Crippen LogP contribution in [0.4, 0.5) is 13.2 Å². The van der Waals surface area contributed by atoms with Gasteiger partial charge in [0.25, 0.3) is 0 Å². The van der Waals surface area contributed by atoms with Gasteiger partial charge < -0.3 is 10.5 Å². The van der Waals surface area contributed by atoms with Crippen LogP contribution in [0.5, 0.6) is 5.75 Å². The van der Waals surface area contributed by atoms with Crippen molar-refractivity contribution in [3.05, 3.63) is 29.3 Å². The first-order chi connectivity index (χ1) is 8.38. The number of nitrogens with two attached hydrogens (primary N) is 1. The van der Waals surface area contributed by atoms with Crippen LogP contribution in [0, 0.1) is 5.92 Å². The third kappa shape index (κ3) is 3.91. The second kappa shape index (κ2) is 6.09. The van der Waals surface area contributed by atoms with E-state index < -0.39 is 11.7 Å². The molecule has 0 radical (unpaired) electrons. The lowest BCUT2D eigenvalue weighted by Crippen LogP contribution is -2.10. The third-order valence-electron chi connectivity index (χ3n) is 2.84. The molecule has 0 saturated heterocycles. The molecule has 0 spiro atoms. The fourth-order valence-corrected chi connectivity index (χ4v) is 1.88. The lowest BCUT2D eigenvalue weighted by Gasteiger charge is -2.15. The first-order valence-corrected chi connectivity index (χ1v) is 5.82. The Labute approximate surface area is 105 Å². The molecular weight excluding hydrogens is 243 g/mol. The molecule has 102 valence electrons. The van der Waals surface area contributed by atoms with Crippen LogP contribution in [0.15, 0.2) is 18.2 Å². The zero-order chi connectivity index (χ0) is 13.8. The summed E-state index contributed by atoms with van der Waals surface area (Å²) in [7, 11) is 1.46. The van der Waals surface area contributed by atoms with E-state index >= 15 is 0 Å². The molecule has 0 aromatic heterocycles. The monoisotopic (exact) mass is 261 g/mol. The zero-order valence-corrected chi connectivity index (χ0v) is 10.6. The quantitative estimate of drug-likeness (QED) is 0.883. The van der Waals surface area contributed by atoms with E-state index in [1.165, 1.54) is 13.2 Å². The van der Waals surface area contributed by atoms with Gasteiger partial charge >= 0.3 is 6.18 Å². The van der Waals surface area contributed by atoms with Gasteiger partial charge in [0.1, 0.15) is 5.75 Å². The molecule has 1 aromatic rings. The van der Waals surface area contributed by atoms with Crippen LogP contribution in [-0.2, 0) is 12.6 Å². The standard InChI is InChI=1S/C13H18F3NO/c1-9(5-6-17)7-10-8-11(13(14,15)16)3-4-12(10)18-2/h3-4,8-9H,5-7,17H2,1-2H3. The summed E-state index contributed by atoms with van der Waals surface area (Å²) in [5.74, 6) is 0.722. The highest BCUT2D eigenvalue weighted by Crippen LogP contribution is 2.33. The van der Waals surface area contributed by atoms with Crippen LogP contribution in [0.25, 0.3) is 0 Å². The fraction of sp³-hybridized carbons (Fsp3) is 0.538. The molecule has 1 aromatic carbocycles. The predicted molar refractivity (Wildman–Crippen MR) is 64.5 cm³/mol. The number of methoxy groups -OCH3 is 1. The normalized spacial score (nSPS) is 13.4. The molecule has 0 bridgehead atoms. The smallest absolute Gasteiger partial charge is 0.416 e. The predicted octanol–water partition coefficient (Wildman–Crippen LogP) is 3.24. The summed E-state index contributed by atoms with van der Waals surface area (Å²) in [6.45, 7) is 2.50. The Morgan fingerprint density at radius 1 is 1.33 bits per heavy atom. The van der Waals surface area contributed by atoms with Gasteiger partial charge in [0.05, 0.1) is 12.7 Å². The first kappa shape index (κ1) is 14.8. The molecule has 0 heterocycles. The van der Waals surface area contributed by atoms with Crippen molar-refractivity contribution in [1.82, 2.24) is 0 Å².